The van der Waals surface area contributed by atoms with Crippen LogP contribution in [0.5, 0.6) is 0 Å². The van der Waals surface area contributed by atoms with Crippen LogP contribution < -0.4 is 0 Å². The average molecular weight is 260 g/mol. The number of carbonyl (C=O) groups is 3. The Bertz CT molecular complexity index is 502. The molecule has 1 rings (SSSR count). The van der Waals surface area contributed by atoms with Crippen LogP contribution in [0.2, 0.25) is 0 Å². The summed E-state index contributed by atoms with van der Waals surface area (Å²) in [4.78, 5) is 33.2. The lowest BCUT2D eigenvalue weighted by Crippen LogP contribution is -2.20. The summed E-state index contributed by atoms with van der Waals surface area (Å²) < 4.78 is 43.0. The Balaban J connectivity index is 2.99. The SMILES string of the molecule is COC(=O)C(=O)CC(=O)c1c(F)cc(F)cc1F. The van der Waals surface area contributed by atoms with E-state index in [9.17, 15) is 27.6 Å². The highest BCUT2D eigenvalue weighted by Gasteiger charge is 2.24. The van der Waals surface area contributed by atoms with Gasteiger partial charge in [0, 0.05) is 12.1 Å². The highest BCUT2D eigenvalue weighted by atomic mass is 19.1. The van der Waals surface area contributed by atoms with Gasteiger partial charge in [0.05, 0.1) is 19.1 Å². The monoisotopic (exact) mass is 260 g/mol. The van der Waals surface area contributed by atoms with E-state index < -0.39 is 47.0 Å². The first-order chi connectivity index (χ1) is 8.36. The van der Waals surface area contributed by atoms with Gasteiger partial charge in [-0.2, -0.15) is 0 Å². The third-order valence-electron chi connectivity index (χ3n) is 2.02. The van der Waals surface area contributed by atoms with Crippen molar-refractivity contribution < 1.29 is 32.3 Å². The van der Waals surface area contributed by atoms with E-state index in [1.165, 1.54) is 0 Å². The zero-order valence-corrected chi connectivity index (χ0v) is 9.13. The van der Waals surface area contributed by atoms with Crippen LogP contribution in [0, 0.1) is 17.5 Å². The molecule has 0 amide bonds. The Hall–Kier alpha value is -2.18. The smallest absolute Gasteiger partial charge is 0.374 e. The lowest BCUT2D eigenvalue weighted by Gasteiger charge is -2.03. The summed E-state index contributed by atoms with van der Waals surface area (Å²) in [5.41, 5.74) is -1.06. The molecule has 96 valence electrons. The van der Waals surface area contributed by atoms with Gasteiger partial charge >= 0.3 is 5.97 Å². The fraction of sp³-hybridized carbons (Fsp3) is 0.182. The molecule has 0 unspecified atom stereocenters. The molecule has 0 saturated carbocycles. The van der Waals surface area contributed by atoms with Gasteiger partial charge in [0.25, 0.3) is 0 Å². The van der Waals surface area contributed by atoms with Crippen LogP contribution >= 0.6 is 0 Å². The van der Waals surface area contributed by atoms with Crippen molar-refractivity contribution in [3.8, 4) is 0 Å². The number of Topliss-reactive ketones (excluding diaryl/α,β-unsaturated/α-hetero) is 2. The van der Waals surface area contributed by atoms with Gasteiger partial charge in [0.1, 0.15) is 17.5 Å². The minimum Gasteiger partial charge on any atom is -0.463 e. The molecule has 0 radical (unpaired) electrons. The second-order valence-corrected chi connectivity index (χ2v) is 3.26. The summed E-state index contributed by atoms with van der Waals surface area (Å²) in [6.07, 6.45) is -1.05. The number of rotatable bonds is 4. The van der Waals surface area contributed by atoms with Crippen molar-refractivity contribution >= 4 is 17.5 Å². The summed E-state index contributed by atoms with van der Waals surface area (Å²) in [6.45, 7) is 0. The van der Waals surface area contributed by atoms with Crippen LogP contribution in [0.4, 0.5) is 13.2 Å². The highest BCUT2D eigenvalue weighted by Crippen LogP contribution is 2.16. The molecule has 0 heterocycles. The van der Waals surface area contributed by atoms with Crippen molar-refractivity contribution in [3.05, 3.63) is 35.1 Å². The number of ketones is 2. The molecule has 0 saturated heterocycles. The normalized spacial score (nSPS) is 10.0. The maximum atomic E-state index is 13.2. The van der Waals surface area contributed by atoms with E-state index in [-0.39, 0.29) is 0 Å². The second-order valence-electron chi connectivity index (χ2n) is 3.26. The number of benzene rings is 1. The Kier molecular flexibility index (Phi) is 4.19. The van der Waals surface area contributed by atoms with Crippen molar-refractivity contribution in [2.45, 2.75) is 6.42 Å². The molecule has 0 aliphatic heterocycles. The van der Waals surface area contributed by atoms with Crippen LogP contribution in [-0.4, -0.2) is 24.6 Å². The standard InChI is InChI=1S/C11H7F3O4/c1-18-11(17)9(16)4-8(15)10-6(13)2-5(12)3-7(10)14/h2-3H,4H2,1H3. The molecule has 18 heavy (non-hydrogen) atoms. The van der Waals surface area contributed by atoms with Crippen LogP contribution in [0.15, 0.2) is 12.1 Å². The van der Waals surface area contributed by atoms with Crippen molar-refractivity contribution in [1.82, 2.24) is 0 Å². The van der Waals surface area contributed by atoms with E-state index in [2.05, 4.69) is 4.74 Å². The lowest BCUT2D eigenvalue weighted by molar-refractivity contribution is -0.151. The minimum atomic E-state index is -1.44. The number of hydrogen-bond acceptors (Lipinski definition) is 4. The second kappa shape index (κ2) is 5.44. The molecule has 1 aromatic carbocycles. The molecule has 4 nitrogen and oxygen atoms in total. The van der Waals surface area contributed by atoms with E-state index in [0.29, 0.717) is 12.1 Å². The minimum absolute atomic E-state index is 0.304. The van der Waals surface area contributed by atoms with Gasteiger partial charge in [0.2, 0.25) is 5.78 Å². The molecule has 0 bridgehead atoms. The number of esters is 1. The number of halogens is 3. The maximum absolute atomic E-state index is 13.2. The fourth-order valence-corrected chi connectivity index (χ4v) is 1.23. The molecule has 0 aromatic heterocycles. The zero-order chi connectivity index (χ0) is 13.9. The molecule has 7 heteroatoms. The molecule has 0 spiro atoms. The first-order valence-corrected chi connectivity index (χ1v) is 4.65. The average Bonchev–Trinajstić information content (AvgIpc) is 2.26. The van der Waals surface area contributed by atoms with Gasteiger partial charge < -0.3 is 4.74 Å². The fourth-order valence-electron chi connectivity index (χ4n) is 1.23. The number of carbonyl (C=O) groups excluding carboxylic acids is 3. The van der Waals surface area contributed by atoms with Gasteiger partial charge in [-0.05, 0) is 0 Å². The summed E-state index contributed by atoms with van der Waals surface area (Å²) in [5.74, 6) is -7.87. The summed E-state index contributed by atoms with van der Waals surface area (Å²) >= 11 is 0. The van der Waals surface area contributed by atoms with Gasteiger partial charge in [-0.3, -0.25) is 9.59 Å². The van der Waals surface area contributed by atoms with Crippen LogP contribution in [0.3, 0.4) is 0 Å². The predicted octanol–water partition coefficient (Wildman–Crippen LogP) is 1.42. The predicted molar refractivity (Wildman–Crippen MR) is 52.3 cm³/mol. The molecular weight excluding hydrogens is 253 g/mol. The third kappa shape index (κ3) is 2.93. The van der Waals surface area contributed by atoms with Crippen LogP contribution in [0.25, 0.3) is 0 Å². The maximum Gasteiger partial charge on any atom is 0.374 e. The highest BCUT2D eigenvalue weighted by molar-refractivity contribution is 6.38. The van der Waals surface area contributed by atoms with E-state index in [4.69, 9.17) is 0 Å². The first-order valence-electron chi connectivity index (χ1n) is 4.65. The Morgan fingerprint density at radius 2 is 1.61 bits per heavy atom. The van der Waals surface area contributed by atoms with Crippen LogP contribution in [0.1, 0.15) is 16.8 Å². The van der Waals surface area contributed by atoms with E-state index >= 15 is 0 Å². The molecule has 0 N–H and O–H groups in total. The summed E-state index contributed by atoms with van der Waals surface area (Å²) in [6, 6.07) is 0.609. The largest absolute Gasteiger partial charge is 0.463 e. The van der Waals surface area contributed by atoms with E-state index in [1.807, 2.05) is 0 Å². The zero-order valence-electron chi connectivity index (χ0n) is 9.13. The van der Waals surface area contributed by atoms with Gasteiger partial charge in [-0.15, -0.1) is 0 Å². The van der Waals surface area contributed by atoms with Crippen molar-refractivity contribution in [2.75, 3.05) is 7.11 Å². The Morgan fingerprint density at radius 3 is 2.06 bits per heavy atom. The van der Waals surface area contributed by atoms with Crippen LogP contribution in [-0.2, 0) is 14.3 Å². The molecule has 0 aliphatic carbocycles. The van der Waals surface area contributed by atoms with Crippen molar-refractivity contribution in [3.63, 3.8) is 0 Å². The third-order valence-corrected chi connectivity index (χ3v) is 2.02. The molecule has 0 atom stereocenters. The molecule has 1 aromatic rings. The summed E-state index contributed by atoms with van der Waals surface area (Å²) in [7, 11) is 0.920. The quantitative estimate of drug-likeness (QED) is 0.355. The molecule has 0 aliphatic rings. The summed E-state index contributed by atoms with van der Waals surface area (Å²) in [5, 5.41) is 0. The van der Waals surface area contributed by atoms with Crippen molar-refractivity contribution in [2.24, 2.45) is 0 Å². The van der Waals surface area contributed by atoms with E-state index in [1.54, 1.807) is 0 Å². The lowest BCUT2D eigenvalue weighted by atomic mass is 10.0. The van der Waals surface area contributed by atoms with E-state index in [0.717, 1.165) is 7.11 Å². The van der Waals surface area contributed by atoms with Gasteiger partial charge in [-0.25, -0.2) is 18.0 Å². The number of hydrogen-bond donors (Lipinski definition) is 0. The van der Waals surface area contributed by atoms with Gasteiger partial charge in [-0.1, -0.05) is 0 Å². The molecular formula is C11H7F3O4. The Labute approximate surface area is 99.4 Å². The van der Waals surface area contributed by atoms with Gasteiger partial charge in [0.15, 0.2) is 5.78 Å². The molecule has 0 fully saturated rings. The number of ether oxygens (including phenoxy) is 1. The Morgan fingerprint density at radius 1 is 1.11 bits per heavy atom. The van der Waals surface area contributed by atoms with Crippen molar-refractivity contribution in [1.29, 1.82) is 0 Å². The topological polar surface area (TPSA) is 60.4 Å². The number of methoxy groups -OCH3 is 1. The first kappa shape index (κ1) is 13.9.